The molecular weight excluding hydrogens is 324 g/mol. The summed E-state index contributed by atoms with van der Waals surface area (Å²) in [7, 11) is 0. The standard InChI is InChI=1S/C17H22N4O4/c1-11(22)20-14-5-4-12(7-18-14)8-19-16(25)21-9-13-3-2-6-17(13,10-21)15(23)24/h4-5,7,13H,2-3,6,8-10H2,1H3,(H,19,25)(H,23,24)(H,18,20,22)/t13-,17+/m0/s1. The molecule has 2 atom stereocenters. The SMILES string of the molecule is CC(=O)Nc1ccc(CNC(=O)N2C[C@@H]3CCC[C@@]3(C(=O)O)C2)cn1. The van der Waals surface area contributed by atoms with Gasteiger partial charge in [-0.25, -0.2) is 9.78 Å². The number of carboxylic acid groups (broad SMARTS) is 1. The minimum atomic E-state index is -0.789. The number of hydrogen-bond donors (Lipinski definition) is 3. The summed E-state index contributed by atoms with van der Waals surface area (Å²) in [6.07, 6.45) is 4.01. The molecular formula is C17H22N4O4. The second-order valence-corrected chi connectivity index (χ2v) is 6.82. The number of fused-ring (bicyclic) bond motifs is 1. The highest BCUT2D eigenvalue weighted by Crippen LogP contribution is 2.48. The lowest BCUT2D eigenvalue weighted by Crippen LogP contribution is -2.41. The van der Waals surface area contributed by atoms with Gasteiger partial charge in [0.05, 0.1) is 5.41 Å². The van der Waals surface area contributed by atoms with E-state index in [9.17, 15) is 19.5 Å². The fraction of sp³-hybridized carbons (Fsp3) is 0.529. The van der Waals surface area contributed by atoms with Crippen LogP contribution in [-0.2, 0) is 16.1 Å². The Kier molecular flexibility index (Phi) is 4.61. The Labute approximate surface area is 145 Å². The number of carbonyl (C=O) groups is 3. The third kappa shape index (κ3) is 3.42. The number of anilines is 1. The highest BCUT2D eigenvalue weighted by atomic mass is 16.4. The van der Waals surface area contributed by atoms with Crippen LogP contribution in [0.25, 0.3) is 0 Å². The zero-order valence-corrected chi connectivity index (χ0v) is 14.1. The molecule has 8 nitrogen and oxygen atoms in total. The predicted octanol–water partition coefficient (Wildman–Crippen LogP) is 1.44. The fourth-order valence-electron chi connectivity index (χ4n) is 3.87. The molecule has 2 aliphatic rings. The number of carboxylic acids is 1. The van der Waals surface area contributed by atoms with E-state index in [-0.39, 0.29) is 24.4 Å². The van der Waals surface area contributed by atoms with Crippen LogP contribution in [0.3, 0.4) is 0 Å². The van der Waals surface area contributed by atoms with Crippen molar-refractivity contribution in [1.29, 1.82) is 0 Å². The molecule has 1 aliphatic heterocycles. The molecule has 2 fully saturated rings. The minimum absolute atomic E-state index is 0.0503. The molecule has 0 unspecified atom stereocenters. The third-order valence-corrected chi connectivity index (χ3v) is 5.16. The number of amides is 3. The van der Waals surface area contributed by atoms with Crippen LogP contribution in [-0.4, -0.2) is 46.0 Å². The van der Waals surface area contributed by atoms with Crippen molar-refractivity contribution in [1.82, 2.24) is 15.2 Å². The monoisotopic (exact) mass is 346 g/mol. The number of nitrogens with zero attached hydrogens (tertiary/aromatic N) is 2. The third-order valence-electron chi connectivity index (χ3n) is 5.16. The molecule has 134 valence electrons. The normalized spacial score (nSPS) is 24.7. The van der Waals surface area contributed by atoms with Crippen molar-refractivity contribution < 1.29 is 19.5 Å². The molecule has 0 radical (unpaired) electrons. The molecule has 0 bridgehead atoms. The van der Waals surface area contributed by atoms with Crippen LogP contribution >= 0.6 is 0 Å². The van der Waals surface area contributed by atoms with Gasteiger partial charge in [0.25, 0.3) is 0 Å². The number of carbonyl (C=O) groups excluding carboxylic acids is 2. The molecule has 2 heterocycles. The van der Waals surface area contributed by atoms with Gasteiger partial charge in [-0.1, -0.05) is 12.5 Å². The molecule has 1 saturated heterocycles. The van der Waals surface area contributed by atoms with Crippen molar-refractivity contribution in [2.75, 3.05) is 18.4 Å². The largest absolute Gasteiger partial charge is 0.481 e. The smallest absolute Gasteiger partial charge is 0.317 e. The van der Waals surface area contributed by atoms with Gasteiger partial charge in [-0.15, -0.1) is 0 Å². The molecule has 1 aliphatic carbocycles. The Bertz CT molecular complexity index is 690. The molecule has 0 spiro atoms. The molecule has 25 heavy (non-hydrogen) atoms. The number of nitrogens with one attached hydrogen (secondary N) is 2. The van der Waals surface area contributed by atoms with E-state index in [1.165, 1.54) is 6.92 Å². The topological polar surface area (TPSA) is 112 Å². The van der Waals surface area contributed by atoms with E-state index in [0.717, 1.165) is 18.4 Å². The fourth-order valence-corrected chi connectivity index (χ4v) is 3.87. The minimum Gasteiger partial charge on any atom is -0.481 e. The van der Waals surface area contributed by atoms with Crippen molar-refractivity contribution in [3.05, 3.63) is 23.9 Å². The first-order valence-corrected chi connectivity index (χ1v) is 8.39. The number of aliphatic carboxylic acids is 1. The zero-order chi connectivity index (χ0) is 18.0. The second kappa shape index (κ2) is 6.70. The zero-order valence-electron chi connectivity index (χ0n) is 14.1. The Hall–Kier alpha value is -2.64. The Morgan fingerprint density at radius 1 is 1.40 bits per heavy atom. The Balaban J connectivity index is 1.55. The van der Waals surface area contributed by atoms with Crippen LogP contribution in [0.1, 0.15) is 31.7 Å². The van der Waals surface area contributed by atoms with E-state index >= 15 is 0 Å². The molecule has 1 aromatic rings. The maximum Gasteiger partial charge on any atom is 0.317 e. The van der Waals surface area contributed by atoms with Crippen molar-refractivity contribution in [3.63, 3.8) is 0 Å². The Morgan fingerprint density at radius 3 is 2.80 bits per heavy atom. The van der Waals surface area contributed by atoms with Crippen LogP contribution in [0.4, 0.5) is 10.6 Å². The molecule has 0 aromatic carbocycles. The lowest BCUT2D eigenvalue weighted by atomic mass is 9.81. The van der Waals surface area contributed by atoms with Gasteiger partial charge in [0.1, 0.15) is 5.82 Å². The van der Waals surface area contributed by atoms with Gasteiger partial charge in [-0.2, -0.15) is 0 Å². The summed E-state index contributed by atoms with van der Waals surface area (Å²) in [4.78, 5) is 40.7. The van der Waals surface area contributed by atoms with Crippen molar-refractivity contribution >= 4 is 23.7 Å². The van der Waals surface area contributed by atoms with Gasteiger partial charge in [0.2, 0.25) is 5.91 Å². The summed E-state index contributed by atoms with van der Waals surface area (Å²) in [5.41, 5.74) is 0.0358. The van der Waals surface area contributed by atoms with Gasteiger partial charge in [-0.3, -0.25) is 9.59 Å². The summed E-state index contributed by atoms with van der Waals surface area (Å²) >= 11 is 0. The van der Waals surface area contributed by atoms with Crippen molar-refractivity contribution in [2.45, 2.75) is 32.7 Å². The van der Waals surface area contributed by atoms with Gasteiger partial charge >= 0.3 is 12.0 Å². The lowest BCUT2D eigenvalue weighted by Gasteiger charge is -2.23. The first kappa shape index (κ1) is 17.2. The van der Waals surface area contributed by atoms with Crippen LogP contribution in [0, 0.1) is 11.3 Å². The van der Waals surface area contributed by atoms with E-state index < -0.39 is 11.4 Å². The summed E-state index contributed by atoms with van der Waals surface area (Å²) in [6, 6.07) is 3.19. The maximum absolute atomic E-state index is 12.4. The van der Waals surface area contributed by atoms with Gasteiger partial charge in [0.15, 0.2) is 0 Å². The Morgan fingerprint density at radius 2 is 2.20 bits per heavy atom. The summed E-state index contributed by atoms with van der Waals surface area (Å²) in [5, 5.41) is 15.0. The predicted molar refractivity (Wildman–Crippen MR) is 89.8 cm³/mol. The number of urea groups is 1. The van der Waals surface area contributed by atoms with E-state index in [0.29, 0.717) is 25.3 Å². The number of likely N-dealkylation sites (tertiary alicyclic amines) is 1. The second-order valence-electron chi connectivity index (χ2n) is 6.82. The quantitative estimate of drug-likeness (QED) is 0.764. The van der Waals surface area contributed by atoms with Gasteiger partial charge in [-0.05, 0) is 30.4 Å². The highest BCUT2D eigenvalue weighted by Gasteiger charge is 2.55. The van der Waals surface area contributed by atoms with E-state index in [1.807, 2.05) is 0 Å². The highest BCUT2D eigenvalue weighted by molar-refractivity contribution is 5.87. The average molecular weight is 346 g/mol. The van der Waals surface area contributed by atoms with E-state index in [2.05, 4.69) is 15.6 Å². The van der Waals surface area contributed by atoms with Gasteiger partial charge < -0.3 is 20.6 Å². The molecule has 8 heteroatoms. The molecule has 3 amide bonds. The lowest BCUT2D eigenvalue weighted by molar-refractivity contribution is -0.149. The van der Waals surface area contributed by atoms with Crippen molar-refractivity contribution in [3.8, 4) is 0 Å². The number of rotatable bonds is 4. The summed E-state index contributed by atoms with van der Waals surface area (Å²) < 4.78 is 0. The molecule has 1 aromatic heterocycles. The molecule has 3 N–H and O–H groups in total. The maximum atomic E-state index is 12.4. The average Bonchev–Trinajstić information content (AvgIpc) is 3.11. The van der Waals surface area contributed by atoms with E-state index in [1.54, 1.807) is 23.2 Å². The number of aromatic nitrogens is 1. The van der Waals surface area contributed by atoms with Crippen molar-refractivity contribution in [2.24, 2.45) is 11.3 Å². The first-order valence-electron chi connectivity index (χ1n) is 8.39. The van der Waals surface area contributed by atoms with Gasteiger partial charge in [0, 0.05) is 32.8 Å². The van der Waals surface area contributed by atoms with Crippen LogP contribution < -0.4 is 10.6 Å². The number of hydrogen-bond acceptors (Lipinski definition) is 4. The molecule has 1 saturated carbocycles. The molecule has 3 rings (SSSR count). The summed E-state index contributed by atoms with van der Waals surface area (Å²) in [5.74, 6) is -0.476. The van der Waals surface area contributed by atoms with Crippen LogP contribution in [0.2, 0.25) is 0 Å². The van der Waals surface area contributed by atoms with Crippen LogP contribution in [0.5, 0.6) is 0 Å². The number of pyridine rings is 1. The van der Waals surface area contributed by atoms with E-state index in [4.69, 9.17) is 0 Å². The first-order chi connectivity index (χ1) is 11.9. The summed E-state index contributed by atoms with van der Waals surface area (Å²) in [6.45, 7) is 2.48. The van der Waals surface area contributed by atoms with Crippen LogP contribution in [0.15, 0.2) is 18.3 Å².